The first-order valence-corrected chi connectivity index (χ1v) is 7.54. The second-order valence-corrected chi connectivity index (χ2v) is 5.86. The second kappa shape index (κ2) is 6.85. The highest BCUT2D eigenvalue weighted by Gasteiger charge is 2.23. The number of Topliss-reactive ketones (excluding diaryl/α,β-unsaturated/α-hetero) is 1. The molecule has 0 amide bonds. The van der Waals surface area contributed by atoms with E-state index in [1.807, 2.05) is 12.1 Å². The Labute approximate surface area is 116 Å². The van der Waals surface area contributed by atoms with E-state index in [0.717, 1.165) is 18.4 Å². The molecule has 2 nitrogen and oxygen atoms in total. The van der Waals surface area contributed by atoms with Crippen LogP contribution in [0.25, 0.3) is 0 Å². The monoisotopic (exact) mass is 259 g/mol. The van der Waals surface area contributed by atoms with E-state index >= 15 is 0 Å². The van der Waals surface area contributed by atoms with Crippen LogP contribution in [-0.4, -0.2) is 12.3 Å². The van der Waals surface area contributed by atoms with Crippen LogP contribution in [0, 0.1) is 5.92 Å². The van der Waals surface area contributed by atoms with Crippen molar-refractivity contribution in [2.24, 2.45) is 11.7 Å². The molecule has 0 heterocycles. The van der Waals surface area contributed by atoms with Crippen molar-refractivity contribution >= 4 is 5.78 Å². The molecule has 0 aliphatic heterocycles. The fourth-order valence-corrected chi connectivity index (χ4v) is 2.77. The van der Waals surface area contributed by atoms with Gasteiger partial charge in [0.25, 0.3) is 0 Å². The van der Waals surface area contributed by atoms with Crippen LogP contribution in [0.4, 0.5) is 0 Å². The van der Waals surface area contributed by atoms with Crippen molar-refractivity contribution in [2.45, 2.75) is 51.4 Å². The van der Waals surface area contributed by atoms with Crippen LogP contribution in [0.5, 0.6) is 0 Å². The van der Waals surface area contributed by atoms with Crippen LogP contribution in [0.1, 0.15) is 67.3 Å². The number of nitrogens with two attached hydrogens (primary N) is 1. The van der Waals surface area contributed by atoms with Gasteiger partial charge >= 0.3 is 0 Å². The minimum Gasteiger partial charge on any atom is -0.330 e. The van der Waals surface area contributed by atoms with Gasteiger partial charge in [-0.15, -0.1) is 0 Å². The number of hydrogen-bond donors (Lipinski definition) is 1. The van der Waals surface area contributed by atoms with Gasteiger partial charge in [-0.25, -0.2) is 0 Å². The van der Waals surface area contributed by atoms with Crippen molar-refractivity contribution in [3.05, 3.63) is 35.4 Å². The molecular weight excluding hydrogens is 234 g/mol. The lowest BCUT2D eigenvalue weighted by molar-refractivity contribution is 0.0972. The van der Waals surface area contributed by atoms with E-state index in [2.05, 4.69) is 19.1 Å². The van der Waals surface area contributed by atoms with Crippen molar-refractivity contribution in [3.63, 3.8) is 0 Å². The molecule has 1 aromatic rings. The quantitative estimate of drug-likeness (QED) is 0.755. The first-order valence-electron chi connectivity index (χ1n) is 7.54. The SMILES string of the molecule is CC(CCN)CCC(=O)c1ccccc1C1CCC1. The van der Waals surface area contributed by atoms with E-state index in [4.69, 9.17) is 5.73 Å². The van der Waals surface area contributed by atoms with E-state index in [-0.39, 0.29) is 0 Å². The minimum atomic E-state index is 0.311. The summed E-state index contributed by atoms with van der Waals surface area (Å²) >= 11 is 0. The maximum absolute atomic E-state index is 12.4. The lowest BCUT2D eigenvalue weighted by atomic mass is 9.77. The lowest BCUT2D eigenvalue weighted by Crippen LogP contribution is -2.14. The molecule has 2 heteroatoms. The Morgan fingerprint density at radius 3 is 2.68 bits per heavy atom. The summed E-state index contributed by atoms with van der Waals surface area (Å²) < 4.78 is 0. The summed E-state index contributed by atoms with van der Waals surface area (Å²) in [5, 5.41) is 0. The van der Waals surface area contributed by atoms with E-state index in [1.165, 1.54) is 24.8 Å². The molecule has 0 spiro atoms. The average Bonchev–Trinajstić information content (AvgIpc) is 2.35. The molecule has 104 valence electrons. The van der Waals surface area contributed by atoms with Gasteiger partial charge in [-0.1, -0.05) is 37.6 Å². The Morgan fingerprint density at radius 2 is 2.05 bits per heavy atom. The zero-order valence-electron chi connectivity index (χ0n) is 11.9. The third-order valence-electron chi connectivity index (χ3n) is 4.33. The minimum absolute atomic E-state index is 0.311. The Bertz CT molecular complexity index is 423. The molecule has 2 N–H and O–H groups in total. The van der Waals surface area contributed by atoms with E-state index in [9.17, 15) is 4.79 Å². The summed E-state index contributed by atoms with van der Waals surface area (Å²) in [5.74, 6) is 1.48. The summed E-state index contributed by atoms with van der Waals surface area (Å²) in [6.45, 7) is 2.89. The maximum atomic E-state index is 12.4. The van der Waals surface area contributed by atoms with E-state index < -0.39 is 0 Å². The van der Waals surface area contributed by atoms with Gasteiger partial charge in [0, 0.05) is 12.0 Å². The summed E-state index contributed by atoms with van der Waals surface area (Å²) in [7, 11) is 0. The molecule has 0 saturated heterocycles. The van der Waals surface area contributed by atoms with Crippen LogP contribution in [0.3, 0.4) is 0 Å². The topological polar surface area (TPSA) is 43.1 Å². The summed E-state index contributed by atoms with van der Waals surface area (Å²) in [5.41, 5.74) is 7.80. The molecule has 19 heavy (non-hydrogen) atoms. The average molecular weight is 259 g/mol. The zero-order valence-corrected chi connectivity index (χ0v) is 11.9. The Balaban J connectivity index is 1.98. The largest absolute Gasteiger partial charge is 0.330 e. The highest BCUT2D eigenvalue weighted by atomic mass is 16.1. The molecule has 0 bridgehead atoms. The molecular formula is C17H25NO. The number of hydrogen-bond acceptors (Lipinski definition) is 2. The first-order chi connectivity index (χ1) is 9.22. The Morgan fingerprint density at radius 1 is 1.32 bits per heavy atom. The van der Waals surface area contributed by atoms with Crippen LogP contribution >= 0.6 is 0 Å². The molecule has 1 aromatic carbocycles. The van der Waals surface area contributed by atoms with Crippen molar-refractivity contribution in [2.75, 3.05) is 6.54 Å². The molecule has 1 aliphatic rings. The molecule has 1 fully saturated rings. The van der Waals surface area contributed by atoms with E-state index in [1.54, 1.807) is 0 Å². The highest BCUT2D eigenvalue weighted by molar-refractivity contribution is 5.97. The Hall–Kier alpha value is -1.15. The third-order valence-corrected chi connectivity index (χ3v) is 4.33. The molecule has 2 rings (SSSR count). The Kier molecular flexibility index (Phi) is 5.15. The van der Waals surface area contributed by atoms with Crippen LogP contribution in [0.15, 0.2) is 24.3 Å². The fraction of sp³-hybridized carbons (Fsp3) is 0.588. The molecule has 0 aromatic heterocycles. The van der Waals surface area contributed by atoms with Gasteiger partial charge < -0.3 is 5.73 Å². The van der Waals surface area contributed by atoms with Crippen molar-refractivity contribution in [1.29, 1.82) is 0 Å². The normalized spacial score (nSPS) is 16.9. The van der Waals surface area contributed by atoms with Gasteiger partial charge in [0.05, 0.1) is 0 Å². The predicted octanol–water partition coefficient (Wildman–Crippen LogP) is 3.90. The van der Waals surface area contributed by atoms with Crippen LogP contribution < -0.4 is 5.73 Å². The predicted molar refractivity (Wildman–Crippen MR) is 79.4 cm³/mol. The number of carbonyl (C=O) groups is 1. The van der Waals surface area contributed by atoms with Crippen LogP contribution in [0.2, 0.25) is 0 Å². The summed E-state index contributed by atoms with van der Waals surface area (Å²) in [6.07, 6.45) is 6.42. The van der Waals surface area contributed by atoms with Gasteiger partial charge in [0.2, 0.25) is 0 Å². The first kappa shape index (κ1) is 14.3. The van der Waals surface area contributed by atoms with Crippen molar-refractivity contribution < 1.29 is 4.79 Å². The third kappa shape index (κ3) is 3.66. The van der Waals surface area contributed by atoms with Gasteiger partial charge in [-0.3, -0.25) is 4.79 Å². The molecule has 1 aliphatic carbocycles. The molecule has 1 atom stereocenters. The molecule has 0 radical (unpaired) electrons. The highest BCUT2D eigenvalue weighted by Crippen LogP contribution is 2.38. The van der Waals surface area contributed by atoms with Gasteiger partial charge in [0.15, 0.2) is 5.78 Å². The van der Waals surface area contributed by atoms with Crippen molar-refractivity contribution in [3.8, 4) is 0 Å². The number of rotatable bonds is 7. The smallest absolute Gasteiger partial charge is 0.163 e. The van der Waals surface area contributed by atoms with Gasteiger partial charge in [-0.05, 0) is 49.6 Å². The fourth-order valence-electron chi connectivity index (χ4n) is 2.77. The van der Waals surface area contributed by atoms with Crippen molar-refractivity contribution in [1.82, 2.24) is 0 Å². The van der Waals surface area contributed by atoms with Gasteiger partial charge in [-0.2, -0.15) is 0 Å². The second-order valence-electron chi connectivity index (χ2n) is 5.86. The number of benzene rings is 1. The van der Waals surface area contributed by atoms with Crippen LogP contribution in [-0.2, 0) is 0 Å². The lowest BCUT2D eigenvalue weighted by Gasteiger charge is -2.27. The summed E-state index contributed by atoms with van der Waals surface area (Å²) in [4.78, 5) is 12.4. The molecule has 1 unspecified atom stereocenters. The zero-order chi connectivity index (χ0) is 13.7. The summed E-state index contributed by atoms with van der Waals surface area (Å²) in [6, 6.07) is 8.18. The molecule has 1 saturated carbocycles. The van der Waals surface area contributed by atoms with E-state index in [0.29, 0.717) is 30.6 Å². The standard InChI is InChI=1S/C17H25NO/c1-13(11-12-18)9-10-17(19)16-8-3-2-7-15(16)14-5-4-6-14/h2-3,7-8,13-14H,4-6,9-12,18H2,1H3. The maximum Gasteiger partial charge on any atom is 0.163 e. The van der Waals surface area contributed by atoms with Gasteiger partial charge in [0.1, 0.15) is 0 Å². The number of carbonyl (C=O) groups excluding carboxylic acids is 1. The number of ketones is 1.